The molecule has 3 nitrogen and oxygen atoms in total. The highest BCUT2D eigenvalue weighted by molar-refractivity contribution is 5.48. The molecule has 0 saturated carbocycles. The van der Waals surface area contributed by atoms with Crippen molar-refractivity contribution in [3.63, 3.8) is 0 Å². The number of nitrogens with zero attached hydrogens (tertiary/aromatic N) is 2. The SMILES string of the molecule is CCC1CCCCN1c1ccnc(CNC(C)(C)C)c1. The Bertz CT molecular complexity index is 422. The van der Waals surface area contributed by atoms with Gasteiger partial charge in [-0.25, -0.2) is 0 Å². The number of hydrogen-bond acceptors (Lipinski definition) is 3. The molecule has 1 aromatic rings. The van der Waals surface area contributed by atoms with Crippen molar-refractivity contribution in [3.8, 4) is 0 Å². The number of pyridine rings is 1. The van der Waals surface area contributed by atoms with Crippen LogP contribution in [-0.2, 0) is 6.54 Å². The summed E-state index contributed by atoms with van der Waals surface area (Å²) in [4.78, 5) is 7.07. The van der Waals surface area contributed by atoms with E-state index in [4.69, 9.17) is 0 Å². The molecule has 0 amide bonds. The van der Waals surface area contributed by atoms with Crippen molar-refractivity contribution in [2.45, 2.75) is 71.5 Å². The lowest BCUT2D eigenvalue weighted by molar-refractivity contribution is 0.421. The Morgan fingerprint density at radius 3 is 2.85 bits per heavy atom. The number of piperidine rings is 1. The molecule has 112 valence electrons. The summed E-state index contributed by atoms with van der Waals surface area (Å²) in [5.74, 6) is 0. The van der Waals surface area contributed by atoms with Crippen molar-refractivity contribution in [2.24, 2.45) is 0 Å². The van der Waals surface area contributed by atoms with Crippen molar-refractivity contribution in [1.82, 2.24) is 10.3 Å². The van der Waals surface area contributed by atoms with Gasteiger partial charge < -0.3 is 10.2 Å². The summed E-state index contributed by atoms with van der Waals surface area (Å²) < 4.78 is 0. The van der Waals surface area contributed by atoms with Crippen LogP contribution in [0.1, 0.15) is 59.1 Å². The van der Waals surface area contributed by atoms with Crippen molar-refractivity contribution in [1.29, 1.82) is 0 Å². The van der Waals surface area contributed by atoms with Crippen molar-refractivity contribution in [2.75, 3.05) is 11.4 Å². The van der Waals surface area contributed by atoms with Crippen molar-refractivity contribution < 1.29 is 0 Å². The van der Waals surface area contributed by atoms with Gasteiger partial charge in [0.25, 0.3) is 0 Å². The van der Waals surface area contributed by atoms with Crippen LogP contribution in [0.15, 0.2) is 18.3 Å². The number of nitrogens with one attached hydrogen (secondary N) is 1. The Morgan fingerprint density at radius 1 is 1.35 bits per heavy atom. The van der Waals surface area contributed by atoms with E-state index in [2.05, 4.69) is 55.0 Å². The maximum absolute atomic E-state index is 4.50. The van der Waals surface area contributed by atoms with Crippen LogP contribution in [0.25, 0.3) is 0 Å². The highest BCUT2D eigenvalue weighted by Gasteiger charge is 2.21. The Balaban J connectivity index is 2.08. The second-order valence-electron chi connectivity index (χ2n) is 6.86. The molecule has 1 unspecified atom stereocenters. The molecule has 0 aliphatic carbocycles. The van der Waals surface area contributed by atoms with Crippen LogP contribution >= 0.6 is 0 Å². The van der Waals surface area contributed by atoms with Crippen molar-refractivity contribution in [3.05, 3.63) is 24.0 Å². The fourth-order valence-electron chi connectivity index (χ4n) is 2.86. The van der Waals surface area contributed by atoms with Gasteiger partial charge in [0.2, 0.25) is 0 Å². The standard InChI is InChI=1S/C17H29N3/c1-5-15-8-6-7-11-20(15)16-9-10-18-14(12-16)13-19-17(2,3)4/h9-10,12,15,19H,5-8,11,13H2,1-4H3. The zero-order valence-corrected chi connectivity index (χ0v) is 13.4. The highest BCUT2D eigenvalue weighted by atomic mass is 15.2. The molecule has 0 bridgehead atoms. The second-order valence-corrected chi connectivity index (χ2v) is 6.86. The zero-order valence-electron chi connectivity index (χ0n) is 13.4. The monoisotopic (exact) mass is 275 g/mol. The highest BCUT2D eigenvalue weighted by Crippen LogP contribution is 2.26. The largest absolute Gasteiger partial charge is 0.368 e. The number of rotatable bonds is 4. The van der Waals surface area contributed by atoms with Gasteiger partial charge in [-0.1, -0.05) is 6.92 Å². The minimum Gasteiger partial charge on any atom is -0.368 e. The molecule has 1 N–H and O–H groups in total. The van der Waals surface area contributed by atoms with E-state index in [1.54, 1.807) is 0 Å². The average molecular weight is 275 g/mol. The van der Waals surface area contributed by atoms with Gasteiger partial charge in [-0.3, -0.25) is 4.98 Å². The van der Waals surface area contributed by atoms with E-state index in [0.717, 1.165) is 12.2 Å². The lowest BCUT2D eigenvalue weighted by Crippen LogP contribution is -2.39. The molecular formula is C17H29N3. The van der Waals surface area contributed by atoms with Crippen LogP contribution in [0.2, 0.25) is 0 Å². The summed E-state index contributed by atoms with van der Waals surface area (Å²) in [6, 6.07) is 5.12. The minimum atomic E-state index is 0.134. The molecule has 1 aliphatic heterocycles. The fourth-order valence-corrected chi connectivity index (χ4v) is 2.86. The maximum atomic E-state index is 4.50. The van der Waals surface area contributed by atoms with Gasteiger partial charge in [-0.05, 0) is 58.6 Å². The summed E-state index contributed by atoms with van der Waals surface area (Å²) in [7, 11) is 0. The summed E-state index contributed by atoms with van der Waals surface area (Å²) in [6.07, 6.45) is 7.20. The Labute approximate surface area is 123 Å². The molecule has 0 aromatic carbocycles. The van der Waals surface area contributed by atoms with E-state index < -0.39 is 0 Å². The minimum absolute atomic E-state index is 0.134. The van der Waals surface area contributed by atoms with Crippen molar-refractivity contribution >= 4 is 5.69 Å². The first-order valence-corrected chi connectivity index (χ1v) is 7.96. The summed E-state index contributed by atoms with van der Waals surface area (Å²) in [6.45, 7) is 10.9. The van der Waals surface area contributed by atoms with E-state index in [9.17, 15) is 0 Å². The molecule has 0 radical (unpaired) electrons. The third-order valence-corrected chi connectivity index (χ3v) is 4.03. The smallest absolute Gasteiger partial charge is 0.0562 e. The molecule has 20 heavy (non-hydrogen) atoms. The lowest BCUT2D eigenvalue weighted by atomic mass is 9.99. The van der Waals surface area contributed by atoms with Crippen LogP contribution in [0.3, 0.4) is 0 Å². The molecular weight excluding hydrogens is 246 g/mol. The third-order valence-electron chi connectivity index (χ3n) is 4.03. The van der Waals surface area contributed by atoms with E-state index >= 15 is 0 Å². The molecule has 2 heterocycles. The van der Waals surface area contributed by atoms with E-state index in [1.807, 2.05) is 6.20 Å². The number of aromatic nitrogens is 1. The number of anilines is 1. The molecule has 0 spiro atoms. The van der Waals surface area contributed by atoms with Gasteiger partial charge in [0.1, 0.15) is 0 Å². The Kier molecular flexibility index (Phi) is 5.03. The molecule has 1 fully saturated rings. The predicted molar refractivity (Wildman–Crippen MR) is 86.1 cm³/mol. The summed E-state index contributed by atoms with van der Waals surface area (Å²) in [5, 5.41) is 3.51. The number of hydrogen-bond donors (Lipinski definition) is 1. The van der Waals surface area contributed by atoms with E-state index in [0.29, 0.717) is 6.04 Å². The quantitative estimate of drug-likeness (QED) is 0.907. The first-order valence-electron chi connectivity index (χ1n) is 7.96. The zero-order chi connectivity index (χ0) is 14.6. The van der Waals surface area contributed by atoms with Gasteiger partial charge in [0, 0.05) is 36.6 Å². The third kappa shape index (κ3) is 4.20. The molecule has 3 heteroatoms. The molecule has 1 saturated heterocycles. The van der Waals surface area contributed by atoms with Crippen LogP contribution in [0, 0.1) is 0 Å². The maximum Gasteiger partial charge on any atom is 0.0562 e. The molecule has 1 atom stereocenters. The Hall–Kier alpha value is -1.09. The van der Waals surface area contributed by atoms with Gasteiger partial charge in [-0.2, -0.15) is 0 Å². The topological polar surface area (TPSA) is 28.2 Å². The normalized spacial score (nSPS) is 20.2. The van der Waals surface area contributed by atoms with Gasteiger partial charge in [0.05, 0.1) is 5.69 Å². The van der Waals surface area contributed by atoms with E-state index in [-0.39, 0.29) is 5.54 Å². The van der Waals surface area contributed by atoms with Crippen LogP contribution in [0.5, 0.6) is 0 Å². The average Bonchev–Trinajstić information content (AvgIpc) is 2.45. The van der Waals surface area contributed by atoms with E-state index in [1.165, 1.54) is 37.9 Å². The first kappa shape index (κ1) is 15.3. The second kappa shape index (κ2) is 6.57. The molecule has 2 rings (SSSR count). The summed E-state index contributed by atoms with van der Waals surface area (Å²) >= 11 is 0. The van der Waals surface area contributed by atoms with Gasteiger partial charge >= 0.3 is 0 Å². The van der Waals surface area contributed by atoms with Gasteiger partial charge in [-0.15, -0.1) is 0 Å². The van der Waals surface area contributed by atoms with Crippen LogP contribution in [0.4, 0.5) is 5.69 Å². The predicted octanol–water partition coefficient (Wildman–Crippen LogP) is 3.74. The molecule has 1 aliphatic rings. The lowest BCUT2D eigenvalue weighted by Gasteiger charge is -2.37. The Morgan fingerprint density at radius 2 is 2.15 bits per heavy atom. The first-order chi connectivity index (χ1) is 9.49. The van der Waals surface area contributed by atoms with Crippen LogP contribution in [-0.4, -0.2) is 23.1 Å². The summed E-state index contributed by atoms with van der Waals surface area (Å²) in [5.41, 5.74) is 2.62. The molecule has 1 aromatic heterocycles. The fraction of sp³-hybridized carbons (Fsp3) is 0.706. The van der Waals surface area contributed by atoms with Crippen LogP contribution < -0.4 is 10.2 Å². The van der Waals surface area contributed by atoms with Gasteiger partial charge in [0.15, 0.2) is 0 Å².